The third-order valence-corrected chi connectivity index (χ3v) is 4.19. The number of amides is 5. The quantitative estimate of drug-likeness (QED) is 0.144. The van der Waals surface area contributed by atoms with Crippen LogP contribution in [0.15, 0.2) is 0 Å². The van der Waals surface area contributed by atoms with Crippen molar-refractivity contribution < 1.29 is 38.6 Å². The summed E-state index contributed by atoms with van der Waals surface area (Å²) >= 11 is 0. The van der Waals surface area contributed by atoms with E-state index in [4.69, 9.17) is 9.84 Å². The highest BCUT2D eigenvalue weighted by Crippen LogP contribution is 1.97. The van der Waals surface area contributed by atoms with Crippen LogP contribution in [0, 0.1) is 0 Å². The second-order valence-corrected chi connectivity index (χ2v) is 8.40. The Hall–Kier alpha value is -3.22. The predicted octanol–water partition coefficient (Wildman–Crippen LogP) is -1.24. The lowest BCUT2D eigenvalue weighted by Crippen LogP contribution is -2.48. The molecule has 0 aromatic heterocycles. The molecule has 0 heterocycles. The van der Waals surface area contributed by atoms with E-state index in [-0.39, 0.29) is 94.9 Å². The van der Waals surface area contributed by atoms with Gasteiger partial charge in [0, 0.05) is 44.4 Å². The van der Waals surface area contributed by atoms with Crippen LogP contribution in [0.1, 0.15) is 53.4 Å². The molecule has 35 heavy (non-hydrogen) atoms. The van der Waals surface area contributed by atoms with E-state index in [0.29, 0.717) is 0 Å². The molecule has 5 amide bonds. The molecule has 0 unspecified atom stereocenters. The number of nitrogens with one attached hydrogen (secondary N) is 4. The van der Waals surface area contributed by atoms with Crippen LogP contribution < -0.4 is 21.3 Å². The minimum atomic E-state index is -1.05. The zero-order valence-electron chi connectivity index (χ0n) is 21.0. The summed E-state index contributed by atoms with van der Waals surface area (Å²) < 4.78 is 5.24. The molecule has 0 rings (SSSR count). The van der Waals surface area contributed by atoms with E-state index in [9.17, 15) is 28.8 Å². The Bertz CT molecular complexity index is 703. The highest BCUT2D eigenvalue weighted by Gasteiger charge is 2.21. The van der Waals surface area contributed by atoms with Gasteiger partial charge in [-0.3, -0.25) is 28.8 Å². The number of carboxylic acids is 1. The van der Waals surface area contributed by atoms with E-state index < -0.39 is 17.8 Å². The highest BCUT2D eigenvalue weighted by atomic mass is 16.5. The van der Waals surface area contributed by atoms with E-state index in [1.165, 1.54) is 0 Å². The van der Waals surface area contributed by atoms with Gasteiger partial charge < -0.3 is 36.0 Å². The normalized spacial score (nSPS) is 10.6. The second-order valence-electron chi connectivity index (χ2n) is 8.40. The number of carboxylic acid groups (broad SMARTS) is 1. The molecule has 0 aliphatic carbocycles. The standard InChI is InChI=1S/C22H39N5O8/c1-15(2)25-19(30)13-27(14-20(31)26-16(3)4)21(32)7-9-23-18(29)8-11-35-12-10-24-17(28)5-6-22(33)34/h15-16H,5-14H2,1-4H3,(H,23,29)(H,24,28)(H,25,30)(H,26,31)(H,33,34). The molecule has 13 heteroatoms. The van der Waals surface area contributed by atoms with Crippen molar-refractivity contribution >= 4 is 35.5 Å². The van der Waals surface area contributed by atoms with Crippen molar-refractivity contribution in [2.45, 2.75) is 65.5 Å². The molecular formula is C22H39N5O8. The van der Waals surface area contributed by atoms with Gasteiger partial charge in [0.1, 0.15) is 13.1 Å². The fourth-order valence-electron chi connectivity index (χ4n) is 2.71. The molecule has 0 aromatic rings. The average Bonchev–Trinajstić information content (AvgIpc) is 2.72. The summed E-state index contributed by atoms with van der Waals surface area (Å²) in [6.45, 7) is 7.10. The lowest BCUT2D eigenvalue weighted by atomic mass is 10.3. The first-order valence-corrected chi connectivity index (χ1v) is 11.6. The summed E-state index contributed by atoms with van der Waals surface area (Å²) in [5.74, 6) is -3.00. The van der Waals surface area contributed by atoms with Crippen LogP contribution in [0.5, 0.6) is 0 Å². The summed E-state index contributed by atoms with van der Waals surface area (Å²) in [5, 5.41) is 18.9. The summed E-state index contributed by atoms with van der Waals surface area (Å²) in [5.41, 5.74) is 0. The van der Waals surface area contributed by atoms with Gasteiger partial charge in [0.2, 0.25) is 29.5 Å². The monoisotopic (exact) mass is 501 g/mol. The minimum absolute atomic E-state index is 0.0331. The number of carbonyl (C=O) groups is 6. The maximum absolute atomic E-state index is 12.6. The van der Waals surface area contributed by atoms with Crippen LogP contribution in [0.4, 0.5) is 0 Å². The molecule has 0 spiro atoms. The number of aliphatic carboxylic acids is 1. The molecule has 0 aromatic carbocycles. The third kappa shape index (κ3) is 18.8. The van der Waals surface area contributed by atoms with Crippen LogP contribution in [0.2, 0.25) is 0 Å². The molecule has 5 N–H and O–H groups in total. The molecule has 0 bridgehead atoms. The minimum Gasteiger partial charge on any atom is -0.481 e. The van der Waals surface area contributed by atoms with Gasteiger partial charge in [-0.15, -0.1) is 0 Å². The van der Waals surface area contributed by atoms with Gasteiger partial charge in [0.25, 0.3) is 0 Å². The molecule has 0 saturated carbocycles. The van der Waals surface area contributed by atoms with E-state index in [1.807, 2.05) is 0 Å². The first kappa shape index (κ1) is 31.8. The average molecular weight is 502 g/mol. The van der Waals surface area contributed by atoms with E-state index in [1.54, 1.807) is 27.7 Å². The van der Waals surface area contributed by atoms with E-state index in [2.05, 4.69) is 21.3 Å². The van der Waals surface area contributed by atoms with Crippen LogP contribution in [-0.4, -0.2) is 97.0 Å². The topological polar surface area (TPSA) is 183 Å². The zero-order valence-corrected chi connectivity index (χ0v) is 21.0. The van der Waals surface area contributed by atoms with Crippen molar-refractivity contribution in [3.63, 3.8) is 0 Å². The Morgan fingerprint density at radius 3 is 1.71 bits per heavy atom. The number of nitrogens with zero attached hydrogens (tertiary/aromatic N) is 1. The molecule has 13 nitrogen and oxygen atoms in total. The predicted molar refractivity (Wildman–Crippen MR) is 126 cm³/mol. The Balaban J connectivity index is 4.28. The number of ether oxygens (including phenoxy) is 1. The van der Waals surface area contributed by atoms with Gasteiger partial charge in [0.05, 0.1) is 19.6 Å². The van der Waals surface area contributed by atoms with Crippen LogP contribution >= 0.6 is 0 Å². The van der Waals surface area contributed by atoms with Gasteiger partial charge in [-0.2, -0.15) is 0 Å². The van der Waals surface area contributed by atoms with E-state index >= 15 is 0 Å². The number of rotatable bonds is 18. The molecule has 0 radical (unpaired) electrons. The number of hydrogen-bond donors (Lipinski definition) is 5. The second kappa shape index (κ2) is 18.2. The maximum Gasteiger partial charge on any atom is 0.303 e. The fourth-order valence-corrected chi connectivity index (χ4v) is 2.71. The van der Waals surface area contributed by atoms with Crippen molar-refractivity contribution in [3.8, 4) is 0 Å². The van der Waals surface area contributed by atoms with Gasteiger partial charge in [0.15, 0.2) is 0 Å². The van der Waals surface area contributed by atoms with Crippen LogP contribution in [-0.2, 0) is 33.5 Å². The fraction of sp³-hybridized carbons (Fsp3) is 0.727. The molecule has 200 valence electrons. The maximum atomic E-state index is 12.6. The molecule has 0 atom stereocenters. The smallest absolute Gasteiger partial charge is 0.303 e. The van der Waals surface area contributed by atoms with Crippen LogP contribution in [0.3, 0.4) is 0 Å². The molecule has 0 saturated heterocycles. The summed E-state index contributed by atoms with van der Waals surface area (Å²) in [6.07, 6.45) is -0.403. The van der Waals surface area contributed by atoms with Crippen molar-refractivity contribution in [1.29, 1.82) is 0 Å². The van der Waals surface area contributed by atoms with Gasteiger partial charge in [-0.25, -0.2) is 0 Å². The highest BCUT2D eigenvalue weighted by molar-refractivity contribution is 5.89. The summed E-state index contributed by atoms with van der Waals surface area (Å²) in [7, 11) is 0. The third-order valence-electron chi connectivity index (χ3n) is 4.19. The first-order chi connectivity index (χ1) is 16.4. The summed E-state index contributed by atoms with van der Waals surface area (Å²) in [4.78, 5) is 71.5. The lowest BCUT2D eigenvalue weighted by molar-refractivity contribution is -0.139. The van der Waals surface area contributed by atoms with Crippen molar-refractivity contribution in [2.24, 2.45) is 0 Å². The van der Waals surface area contributed by atoms with Crippen molar-refractivity contribution in [2.75, 3.05) is 39.4 Å². The van der Waals surface area contributed by atoms with Crippen molar-refractivity contribution in [3.05, 3.63) is 0 Å². The lowest BCUT2D eigenvalue weighted by Gasteiger charge is -2.23. The van der Waals surface area contributed by atoms with E-state index in [0.717, 1.165) is 4.90 Å². The van der Waals surface area contributed by atoms with Gasteiger partial charge in [-0.05, 0) is 27.7 Å². The zero-order chi connectivity index (χ0) is 26.8. The largest absolute Gasteiger partial charge is 0.481 e. The molecule has 0 aliphatic heterocycles. The Morgan fingerprint density at radius 2 is 1.20 bits per heavy atom. The Morgan fingerprint density at radius 1 is 0.686 bits per heavy atom. The summed E-state index contributed by atoms with van der Waals surface area (Å²) in [6, 6.07) is -0.225. The van der Waals surface area contributed by atoms with Crippen molar-refractivity contribution in [1.82, 2.24) is 26.2 Å². The number of hydrogen-bond acceptors (Lipinski definition) is 7. The Kier molecular flexibility index (Phi) is 16.5. The van der Waals surface area contributed by atoms with Crippen LogP contribution in [0.25, 0.3) is 0 Å². The molecular weight excluding hydrogens is 462 g/mol. The van der Waals surface area contributed by atoms with Gasteiger partial charge >= 0.3 is 5.97 Å². The number of carbonyl (C=O) groups excluding carboxylic acids is 5. The first-order valence-electron chi connectivity index (χ1n) is 11.6. The molecule has 0 aliphatic rings. The molecule has 0 fully saturated rings. The SMILES string of the molecule is CC(C)NC(=O)CN(CC(=O)NC(C)C)C(=O)CCNC(=O)CCOCCNC(=O)CCC(=O)O. The van der Waals surface area contributed by atoms with Gasteiger partial charge in [-0.1, -0.05) is 0 Å². The Labute approximate surface area is 205 Å².